The second kappa shape index (κ2) is 10.5. The molecule has 0 saturated carbocycles. The van der Waals surface area contributed by atoms with E-state index in [1.54, 1.807) is 0 Å². The number of aromatic amines is 1. The summed E-state index contributed by atoms with van der Waals surface area (Å²) < 4.78 is 0. The van der Waals surface area contributed by atoms with Crippen molar-refractivity contribution in [2.24, 2.45) is 0 Å². The highest BCUT2D eigenvalue weighted by Gasteiger charge is 2.07. The molecule has 4 aromatic rings. The van der Waals surface area contributed by atoms with Crippen LogP contribution in [0.5, 0.6) is 0 Å². The summed E-state index contributed by atoms with van der Waals surface area (Å²) >= 11 is 0. The first kappa shape index (κ1) is 20.0. The Morgan fingerprint density at radius 3 is 2.03 bits per heavy atom. The summed E-state index contributed by atoms with van der Waals surface area (Å²) in [6, 6.07) is 20.9. The van der Waals surface area contributed by atoms with Gasteiger partial charge in [0, 0.05) is 51.0 Å². The van der Waals surface area contributed by atoms with Crippen molar-refractivity contribution >= 4 is 0 Å². The molecule has 3 N–H and O–H groups in total. The van der Waals surface area contributed by atoms with Gasteiger partial charge in [0.15, 0.2) is 0 Å². The molecule has 5 nitrogen and oxygen atoms in total. The molecule has 0 fully saturated rings. The summed E-state index contributed by atoms with van der Waals surface area (Å²) in [7, 11) is 0. The highest BCUT2D eigenvalue weighted by molar-refractivity contribution is 5.36. The number of nitrogens with one attached hydrogen (secondary N) is 3. The molecule has 0 amide bonds. The molecular formula is C25H27N5. The van der Waals surface area contributed by atoms with Crippen molar-refractivity contribution in [2.75, 3.05) is 0 Å². The fraction of sp³-hybridized carbons (Fsp3) is 0.200. The fourth-order valence-electron chi connectivity index (χ4n) is 3.48. The largest absolute Gasteiger partial charge is 0.367 e. The van der Waals surface area contributed by atoms with Crippen molar-refractivity contribution in [3.63, 3.8) is 0 Å². The Labute approximate surface area is 177 Å². The van der Waals surface area contributed by atoms with Crippen LogP contribution in [0, 0.1) is 0 Å². The predicted octanol–water partition coefficient (Wildman–Crippen LogP) is 3.98. The van der Waals surface area contributed by atoms with Crippen molar-refractivity contribution in [3.8, 4) is 0 Å². The van der Waals surface area contributed by atoms with Crippen LogP contribution in [0.25, 0.3) is 0 Å². The quantitative estimate of drug-likeness (QED) is 0.379. The fourth-order valence-corrected chi connectivity index (χ4v) is 3.48. The van der Waals surface area contributed by atoms with E-state index >= 15 is 0 Å². The minimum Gasteiger partial charge on any atom is -0.367 e. The van der Waals surface area contributed by atoms with Crippen molar-refractivity contribution in [1.29, 1.82) is 0 Å². The van der Waals surface area contributed by atoms with Gasteiger partial charge in [-0.05, 0) is 59.0 Å². The van der Waals surface area contributed by atoms with Crippen LogP contribution in [0.1, 0.15) is 33.6 Å². The van der Waals surface area contributed by atoms with Crippen LogP contribution in [-0.2, 0) is 32.6 Å². The van der Waals surface area contributed by atoms with Gasteiger partial charge in [0.1, 0.15) is 0 Å². The topological polar surface area (TPSA) is 65.6 Å². The van der Waals surface area contributed by atoms with Crippen LogP contribution in [0.15, 0.2) is 85.5 Å². The number of pyridine rings is 2. The Bertz CT molecular complexity index is 1010. The number of hydrogen-bond acceptors (Lipinski definition) is 4. The van der Waals surface area contributed by atoms with E-state index in [4.69, 9.17) is 0 Å². The lowest BCUT2D eigenvalue weighted by Crippen LogP contribution is -2.16. The van der Waals surface area contributed by atoms with Crippen molar-refractivity contribution < 1.29 is 0 Å². The van der Waals surface area contributed by atoms with Gasteiger partial charge in [0.05, 0.1) is 11.4 Å². The summed E-state index contributed by atoms with van der Waals surface area (Å²) in [6.07, 6.45) is 8.63. The Kier molecular flexibility index (Phi) is 6.99. The van der Waals surface area contributed by atoms with Crippen molar-refractivity contribution in [1.82, 2.24) is 25.6 Å². The molecule has 0 bridgehead atoms. The van der Waals surface area contributed by atoms with Gasteiger partial charge in [-0.2, -0.15) is 0 Å². The predicted molar refractivity (Wildman–Crippen MR) is 120 cm³/mol. The molecule has 0 spiro atoms. The number of hydrogen-bond donors (Lipinski definition) is 3. The molecule has 5 heteroatoms. The van der Waals surface area contributed by atoms with Gasteiger partial charge in [-0.25, -0.2) is 0 Å². The SMILES string of the molecule is c1ccc(CNCc2ccc(CNCc3ccccn3)c(Cc3cc[nH]c3)c2)nc1. The highest BCUT2D eigenvalue weighted by Crippen LogP contribution is 2.17. The molecule has 0 unspecified atom stereocenters. The second-order valence-corrected chi connectivity index (χ2v) is 7.35. The zero-order valence-electron chi connectivity index (χ0n) is 17.0. The molecule has 1 aromatic carbocycles. The first-order valence-electron chi connectivity index (χ1n) is 10.3. The number of nitrogens with zero attached hydrogens (tertiary/aromatic N) is 2. The highest BCUT2D eigenvalue weighted by atomic mass is 14.9. The average molecular weight is 398 g/mol. The molecule has 0 radical (unpaired) electrons. The summed E-state index contributed by atoms with van der Waals surface area (Å²) in [6.45, 7) is 3.16. The number of H-pyrrole nitrogens is 1. The van der Waals surface area contributed by atoms with Crippen LogP contribution >= 0.6 is 0 Å². The third kappa shape index (κ3) is 5.86. The summed E-state index contributed by atoms with van der Waals surface area (Å²) in [5, 5.41) is 7.02. The molecule has 152 valence electrons. The maximum atomic E-state index is 4.39. The Hall–Kier alpha value is -3.28. The smallest absolute Gasteiger partial charge is 0.0541 e. The minimum atomic E-state index is 0.762. The van der Waals surface area contributed by atoms with E-state index in [0.29, 0.717) is 0 Å². The molecule has 0 atom stereocenters. The van der Waals surface area contributed by atoms with Gasteiger partial charge in [0.2, 0.25) is 0 Å². The van der Waals surface area contributed by atoms with Crippen molar-refractivity contribution in [3.05, 3.63) is 119 Å². The second-order valence-electron chi connectivity index (χ2n) is 7.35. The van der Waals surface area contributed by atoms with Gasteiger partial charge >= 0.3 is 0 Å². The van der Waals surface area contributed by atoms with Crippen LogP contribution in [0.3, 0.4) is 0 Å². The zero-order chi connectivity index (χ0) is 20.4. The van der Waals surface area contributed by atoms with E-state index < -0.39 is 0 Å². The summed E-state index contributed by atoms with van der Waals surface area (Å²) in [4.78, 5) is 11.9. The van der Waals surface area contributed by atoms with Crippen LogP contribution < -0.4 is 10.6 Å². The lowest BCUT2D eigenvalue weighted by Gasteiger charge is -2.13. The van der Waals surface area contributed by atoms with E-state index in [-0.39, 0.29) is 0 Å². The van der Waals surface area contributed by atoms with Crippen LogP contribution in [0.4, 0.5) is 0 Å². The molecule has 0 aliphatic carbocycles. The van der Waals surface area contributed by atoms with E-state index in [1.165, 1.54) is 22.3 Å². The normalized spacial score (nSPS) is 10.9. The van der Waals surface area contributed by atoms with Crippen LogP contribution in [-0.4, -0.2) is 15.0 Å². The van der Waals surface area contributed by atoms with E-state index in [0.717, 1.165) is 44.0 Å². The average Bonchev–Trinajstić information content (AvgIpc) is 3.30. The van der Waals surface area contributed by atoms with E-state index in [1.807, 2.05) is 55.0 Å². The number of benzene rings is 1. The minimum absolute atomic E-state index is 0.762. The van der Waals surface area contributed by atoms with Crippen molar-refractivity contribution in [2.45, 2.75) is 32.6 Å². The van der Waals surface area contributed by atoms with Gasteiger partial charge in [-0.3, -0.25) is 9.97 Å². The van der Waals surface area contributed by atoms with Gasteiger partial charge in [0.25, 0.3) is 0 Å². The molecule has 3 heterocycles. The first-order valence-corrected chi connectivity index (χ1v) is 10.3. The number of aromatic nitrogens is 3. The van der Waals surface area contributed by atoms with Gasteiger partial charge < -0.3 is 15.6 Å². The number of rotatable bonds is 10. The maximum absolute atomic E-state index is 4.39. The summed E-state index contributed by atoms with van der Waals surface area (Å²) in [5.41, 5.74) is 7.35. The molecule has 0 aliphatic rings. The maximum Gasteiger partial charge on any atom is 0.0541 e. The Balaban J connectivity index is 1.40. The lowest BCUT2D eigenvalue weighted by molar-refractivity contribution is 0.669. The summed E-state index contributed by atoms with van der Waals surface area (Å²) in [5.74, 6) is 0. The lowest BCUT2D eigenvalue weighted by atomic mass is 9.98. The van der Waals surface area contributed by atoms with E-state index in [2.05, 4.69) is 56.0 Å². The van der Waals surface area contributed by atoms with Gasteiger partial charge in [-0.1, -0.05) is 30.3 Å². The third-order valence-electron chi connectivity index (χ3n) is 5.04. The monoisotopic (exact) mass is 397 g/mol. The van der Waals surface area contributed by atoms with Gasteiger partial charge in [-0.15, -0.1) is 0 Å². The van der Waals surface area contributed by atoms with Crippen LogP contribution in [0.2, 0.25) is 0 Å². The molecular weight excluding hydrogens is 370 g/mol. The molecule has 0 aliphatic heterocycles. The molecule has 0 saturated heterocycles. The van der Waals surface area contributed by atoms with E-state index in [9.17, 15) is 0 Å². The zero-order valence-corrected chi connectivity index (χ0v) is 17.0. The third-order valence-corrected chi connectivity index (χ3v) is 5.04. The molecule has 3 aromatic heterocycles. The first-order chi connectivity index (χ1) is 14.9. The molecule has 4 rings (SSSR count). The standard InChI is InChI=1S/C25H27N5/c1-3-10-29-24(5-1)18-27-16-20-7-8-22(17-28-19-25-6-2-4-11-30-25)23(13-20)14-21-9-12-26-15-21/h1-13,15,26-28H,14,16-19H2. The Morgan fingerprint density at radius 1 is 0.667 bits per heavy atom. The molecule has 30 heavy (non-hydrogen) atoms. The Morgan fingerprint density at radius 2 is 1.40 bits per heavy atom.